The lowest BCUT2D eigenvalue weighted by Crippen LogP contribution is -2.48. The minimum Gasteiger partial charge on any atom is -0.505 e. The Bertz CT molecular complexity index is 1110. The van der Waals surface area contributed by atoms with Gasteiger partial charge in [-0.1, -0.05) is 36.4 Å². The van der Waals surface area contributed by atoms with Crippen LogP contribution in [0.15, 0.2) is 58.6 Å². The number of anilines is 1. The maximum absolute atomic E-state index is 12.6. The lowest BCUT2D eigenvalue weighted by atomic mass is 9.91. The summed E-state index contributed by atoms with van der Waals surface area (Å²) in [5.41, 5.74) is 2.26. The Hall–Kier alpha value is -3.61. The fourth-order valence-electron chi connectivity index (χ4n) is 3.76. The highest BCUT2D eigenvalue weighted by atomic mass is 16.4. The van der Waals surface area contributed by atoms with Crippen molar-refractivity contribution in [3.8, 4) is 0 Å². The molecular weight excluding hydrogens is 358 g/mol. The number of carbonyl (C=O) groups is 2. The van der Waals surface area contributed by atoms with Gasteiger partial charge >= 0.3 is 0 Å². The molecule has 0 radical (unpaired) electrons. The summed E-state index contributed by atoms with van der Waals surface area (Å²) in [5.74, 6) is -1.37. The second-order valence-corrected chi connectivity index (χ2v) is 6.84. The predicted molar refractivity (Wildman–Crippen MR) is 103 cm³/mol. The van der Waals surface area contributed by atoms with E-state index >= 15 is 0 Å². The van der Waals surface area contributed by atoms with Crippen molar-refractivity contribution in [2.75, 3.05) is 31.1 Å². The highest BCUT2D eigenvalue weighted by Crippen LogP contribution is 2.31. The lowest BCUT2D eigenvalue weighted by molar-refractivity contribution is -0.113. The first-order valence-electron chi connectivity index (χ1n) is 9.10. The Kier molecular flexibility index (Phi) is 3.68. The molecule has 28 heavy (non-hydrogen) atoms. The minimum atomic E-state index is -0.661. The number of aromatic nitrogens is 1. The van der Waals surface area contributed by atoms with Crippen LogP contribution in [0.5, 0.6) is 0 Å². The Morgan fingerprint density at radius 3 is 2.21 bits per heavy atom. The molecule has 5 rings (SSSR count). The SMILES string of the molecule is O=C1C(=O)c2ccccc2C(O)=C1N1CCN(c2nc3ccccc3o2)CC1. The van der Waals surface area contributed by atoms with Crippen LogP contribution in [0.25, 0.3) is 16.9 Å². The van der Waals surface area contributed by atoms with E-state index < -0.39 is 11.6 Å². The summed E-state index contributed by atoms with van der Waals surface area (Å²) in [6.45, 7) is 2.07. The largest absolute Gasteiger partial charge is 0.505 e. The van der Waals surface area contributed by atoms with Crippen LogP contribution in [0, 0.1) is 0 Å². The average molecular weight is 375 g/mol. The van der Waals surface area contributed by atoms with E-state index in [2.05, 4.69) is 4.98 Å². The quantitative estimate of drug-likeness (QED) is 0.689. The zero-order valence-electron chi connectivity index (χ0n) is 15.0. The molecule has 0 saturated carbocycles. The van der Waals surface area contributed by atoms with Crippen molar-refractivity contribution in [1.29, 1.82) is 0 Å². The number of nitrogens with zero attached hydrogens (tertiary/aromatic N) is 3. The van der Waals surface area contributed by atoms with Crippen LogP contribution in [-0.2, 0) is 4.79 Å². The van der Waals surface area contributed by atoms with Crippen LogP contribution in [0.3, 0.4) is 0 Å². The smallest absolute Gasteiger partial charge is 0.298 e. The van der Waals surface area contributed by atoms with Crippen molar-refractivity contribution >= 4 is 34.4 Å². The monoisotopic (exact) mass is 375 g/mol. The molecule has 140 valence electrons. The van der Waals surface area contributed by atoms with Crippen LogP contribution in [0.4, 0.5) is 6.01 Å². The number of oxazole rings is 1. The van der Waals surface area contributed by atoms with E-state index in [1.807, 2.05) is 29.2 Å². The summed E-state index contributed by atoms with van der Waals surface area (Å²) >= 11 is 0. The molecule has 7 heteroatoms. The van der Waals surface area contributed by atoms with Gasteiger partial charge in [-0.25, -0.2) is 0 Å². The number of allylic oxidation sites excluding steroid dienone is 1. The van der Waals surface area contributed by atoms with Crippen LogP contribution >= 0.6 is 0 Å². The van der Waals surface area contributed by atoms with Crippen LogP contribution in [0.1, 0.15) is 15.9 Å². The van der Waals surface area contributed by atoms with Crippen LogP contribution < -0.4 is 4.90 Å². The maximum atomic E-state index is 12.6. The minimum absolute atomic E-state index is 0.0842. The van der Waals surface area contributed by atoms with Crippen LogP contribution in [-0.4, -0.2) is 52.7 Å². The van der Waals surface area contributed by atoms with E-state index in [0.717, 1.165) is 11.1 Å². The van der Waals surface area contributed by atoms with Crippen molar-refractivity contribution in [2.24, 2.45) is 0 Å². The molecule has 1 aliphatic carbocycles. The van der Waals surface area contributed by atoms with Crippen molar-refractivity contribution in [2.45, 2.75) is 0 Å². The summed E-state index contributed by atoms with van der Waals surface area (Å²) in [5, 5.41) is 10.7. The summed E-state index contributed by atoms with van der Waals surface area (Å²) in [7, 11) is 0. The van der Waals surface area contributed by atoms with E-state index in [1.54, 1.807) is 29.2 Å². The number of aliphatic hydroxyl groups is 1. The Morgan fingerprint density at radius 1 is 0.821 bits per heavy atom. The number of benzene rings is 2. The highest BCUT2D eigenvalue weighted by molar-refractivity contribution is 6.52. The third kappa shape index (κ3) is 2.47. The Labute approximate surface area is 160 Å². The molecule has 0 bridgehead atoms. The molecule has 0 spiro atoms. The fraction of sp³-hybridized carbons (Fsp3) is 0.190. The van der Waals surface area contributed by atoms with Crippen molar-refractivity contribution in [3.63, 3.8) is 0 Å². The fourth-order valence-corrected chi connectivity index (χ4v) is 3.76. The van der Waals surface area contributed by atoms with Gasteiger partial charge in [-0.15, -0.1) is 0 Å². The van der Waals surface area contributed by atoms with Gasteiger partial charge in [0.15, 0.2) is 11.3 Å². The molecule has 2 aliphatic rings. The normalized spacial score (nSPS) is 17.4. The molecule has 7 nitrogen and oxygen atoms in total. The molecule has 2 aromatic carbocycles. The van der Waals surface area contributed by atoms with Crippen molar-refractivity contribution in [3.05, 3.63) is 65.4 Å². The number of carbonyl (C=O) groups excluding carboxylic acids is 2. The molecule has 0 amide bonds. The number of aliphatic hydroxyl groups excluding tert-OH is 1. The van der Waals surface area contributed by atoms with E-state index in [4.69, 9.17) is 4.42 Å². The van der Waals surface area contributed by atoms with E-state index in [9.17, 15) is 14.7 Å². The third-order valence-corrected chi connectivity index (χ3v) is 5.22. The standard InChI is InChI=1S/C21H17N3O4/c25-18-13-5-1-2-6-14(13)19(26)20(27)17(18)23-9-11-24(12-10-23)21-22-15-7-3-4-8-16(15)28-21/h1-8,25H,9-12H2. The third-order valence-electron chi connectivity index (χ3n) is 5.22. The van der Waals surface area contributed by atoms with Crippen LogP contribution in [0.2, 0.25) is 0 Å². The molecule has 1 saturated heterocycles. The predicted octanol–water partition coefficient (Wildman–Crippen LogP) is 2.64. The zero-order valence-corrected chi connectivity index (χ0v) is 15.0. The number of para-hydroxylation sites is 2. The van der Waals surface area contributed by atoms with Gasteiger partial charge in [-0.3, -0.25) is 9.59 Å². The Balaban J connectivity index is 1.40. The zero-order chi connectivity index (χ0) is 19.3. The van der Waals surface area contributed by atoms with Gasteiger partial charge in [0.2, 0.25) is 5.78 Å². The lowest BCUT2D eigenvalue weighted by Gasteiger charge is -2.37. The number of piperazine rings is 1. The van der Waals surface area contributed by atoms with Gasteiger partial charge in [0.1, 0.15) is 11.2 Å². The van der Waals surface area contributed by atoms with Gasteiger partial charge in [-0.05, 0) is 12.1 Å². The number of Topliss-reactive ketones (excluding diaryl/α,β-unsaturated/α-hetero) is 2. The van der Waals surface area contributed by atoms with Crippen molar-refractivity contribution in [1.82, 2.24) is 9.88 Å². The van der Waals surface area contributed by atoms with E-state index in [-0.39, 0.29) is 17.0 Å². The number of hydrogen-bond acceptors (Lipinski definition) is 7. The number of fused-ring (bicyclic) bond motifs is 2. The molecular formula is C21H17N3O4. The maximum Gasteiger partial charge on any atom is 0.298 e. The van der Waals surface area contributed by atoms with Gasteiger partial charge in [-0.2, -0.15) is 4.98 Å². The van der Waals surface area contributed by atoms with Crippen molar-refractivity contribution < 1.29 is 19.1 Å². The average Bonchev–Trinajstić information content (AvgIpc) is 3.17. The first kappa shape index (κ1) is 16.6. The summed E-state index contributed by atoms with van der Waals surface area (Å²) in [4.78, 5) is 33.3. The molecule has 3 aromatic rings. The summed E-state index contributed by atoms with van der Waals surface area (Å²) in [6.07, 6.45) is 0. The summed E-state index contributed by atoms with van der Waals surface area (Å²) < 4.78 is 5.81. The molecule has 2 heterocycles. The topological polar surface area (TPSA) is 86.9 Å². The van der Waals surface area contributed by atoms with Gasteiger partial charge in [0, 0.05) is 37.3 Å². The van der Waals surface area contributed by atoms with E-state index in [1.165, 1.54) is 0 Å². The highest BCUT2D eigenvalue weighted by Gasteiger charge is 2.37. The molecule has 1 N–H and O–H groups in total. The molecule has 0 unspecified atom stereocenters. The summed E-state index contributed by atoms with van der Waals surface area (Å²) in [6, 6.07) is 14.7. The molecule has 0 atom stereocenters. The van der Waals surface area contributed by atoms with Gasteiger partial charge < -0.3 is 19.3 Å². The first-order chi connectivity index (χ1) is 13.6. The number of ketones is 2. The molecule has 1 aromatic heterocycles. The van der Waals surface area contributed by atoms with Gasteiger partial charge in [0.05, 0.1) is 0 Å². The van der Waals surface area contributed by atoms with Gasteiger partial charge in [0.25, 0.3) is 11.8 Å². The number of rotatable bonds is 2. The first-order valence-corrected chi connectivity index (χ1v) is 9.10. The number of hydrogen-bond donors (Lipinski definition) is 1. The Morgan fingerprint density at radius 2 is 1.46 bits per heavy atom. The second-order valence-electron chi connectivity index (χ2n) is 6.84. The van der Waals surface area contributed by atoms with E-state index in [0.29, 0.717) is 37.8 Å². The molecule has 1 fully saturated rings. The molecule has 1 aliphatic heterocycles. The second kappa shape index (κ2) is 6.23.